The van der Waals surface area contributed by atoms with Crippen LogP contribution in [0.15, 0.2) is 0 Å². The Bertz CT molecular complexity index is 243. The summed E-state index contributed by atoms with van der Waals surface area (Å²) in [6, 6.07) is 0.757. The van der Waals surface area contributed by atoms with Crippen LogP contribution in [0.1, 0.15) is 53.4 Å². The first kappa shape index (κ1) is 12.8. The van der Waals surface area contributed by atoms with E-state index >= 15 is 0 Å². The molecule has 2 aliphatic rings. The van der Waals surface area contributed by atoms with Gasteiger partial charge in [0.25, 0.3) is 0 Å². The maximum atomic E-state index is 3.85. The summed E-state index contributed by atoms with van der Waals surface area (Å²) in [4.78, 5) is 0. The lowest BCUT2D eigenvalue weighted by atomic mass is 9.91. The molecular formula is C14H27NS. The molecule has 0 aromatic carbocycles. The van der Waals surface area contributed by atoms with Crippen molar-refractivity contribution in [3.05, 3.63) is 0 Å². The molecule has 2 heteroatoms. The average Bonchev–Trinajstić information content (AvgIpc) is 2.68. The molecule has 0 amide bonds. The van der Waals surface area contributed by atoms with Crippen LogP contribution < -0.4 is 5.32 Å². The van der Waals surface area contributed by atoms with Gasteiger partial charge in [-0.05, 0) is 49.7 Å². The second-order valence-corrected chi connectivity index (χ2v) is 8.62. The van der Waals surface area contributed by atoms with Gasteiger partial charge in [-0.3, -0.25) is 0 Å². The van der Waals surface area contributed by atoms with E-state index in [4.69, 9.17) is 0 Å². The van der Waals surface area contributed by atoms with Crippen LogP contribution in [0, 0.1) is 11.3 Å². The zero-order chi connectivity index (χ0) is 11.8. The van der Waals surface area contributed by atoms with E-state index in [1.54, 1.807) is 0 Å². The zero-order valence-corrected chi connectivity index (χ0v) is 12.1. The smallest absolute Gasteiger partial charge is 0.0256 e. The lowest BCUT2D eigenvalue weighted by Gasteiger charge is -2.27. The van der Waals surface area contributed by atoms with Crippen molar-refractivity contribution in [3.8, 4) is 0 Å². The molecule has 1 aliphatic heterocycles. The summed E-state index contributed by atoms with van der Waals surface area (Å²) >= 11 is 2.17. The summed E-state index contributed by atoms with van der Waals surface area (Å²) in [6.45, 7) is 10.9. The minimum Gasteiger partial charge on any atom is -0.312 e. The molecule has 1 nitrogen and oxygen atoms in total. The molecule has 0 radical (unpaired) electrons. The molecule has 1 aliphatic carbocycles. The SMILES string of the molecule is CC1CC(C)(C)CC1NCC1(C)CCCS1. The van der Waals surface area contributed by atoms with Gasteiger partial charge in [0.1, 0.15) is 0 Å². The van der Waals surface area contributed by atoms with Gasteiger partial charge in [0.2, 0.25) is 0 Å². The van der Waals surface area contributed by atoms with Crippen LogP contribution in [-0.2, 0) is 0 Å². The third-order valence-electron chi connectivity index (χ3n) is 4.37. The summed E-state index contributed by atoms with van der Waals surface area (Å²) in [5.41, 5.74) is 0.556. The third-order valence-corrected chi connectivity index (χ3v) is 5.91. The summed E-state index contributed by atoms with van der Waals surface area (Å²) in [5.74, 6) is 2.22. The fraction of sp³-hybridized carbons (Fsp3) is 1.00. The molecule has 2 rings (SSSR count). The van der Waals surface area contributed by atoms with Crippen molar-refractivity contribution in [1.82, 2.24) is 5.32 Å². The van der Waals surface area contributed by atoms with Gasteiger partial charge in [-0.2, -0.15) is 11.8 Å². The first-order chi connectivity index (χ1) is 7.40. The molecule has 0 aromatic heterocycles. The Kier molecular flexibility index (Phi) is 3.61. The van der Waals surface area contributed by atoms with Gasteiger partial charge in [0, 0.05) is 17.3 Å². The molecule has 3 atom stereocenters. The topological polar surface area (TPSA) is 12.0 Å². The van der Waals surface area contributed by atoms with Gasteiger partial charge >= 0.3 is 0 Å². The van der Waals surface area contributed by atoms with Crippen molar-refractivity contribution in [2.24, 2.45) is 11.3 Å². The van der Waals surface area contributed by atoms with Crippen LogP contribution in [0.3, 0.4) is 0 Å². The van der Waals surface area contributed by atoms with E-state index in [0.717, 1.165) is 12.0 Å². The minimum absolute atomic E-state index is 0.520. The molecule has 1 saturated heterocycles. The highest BCUT2D eigenvalue weighted by molar-refractivity contribution is 8.00. The maximum absolute atomic E-state index is 3.85. The number of rotatable bonds is 3. The summed E-state index contributed by atoms with van der Waals surface area (Å²) < 4.78 is 0.520. The van der Waals surface area contributed by atoms with E-state index in [-0.39, 0.29) is 0 Å². The van der Waals surface area contributed by atoms with E-state index in [2.05, 4.69) is 44.8 Å². The van der Waals surface area contributed by atoms with Crippen molar-refractivity contribution in [1.29, 1.82) is 0 Å². The summed E-state index contributed by atoms with van der Waals surface area (Å²) in [5, 5.41) is 3.85. The monoisotopic (exact) mass is 241 g/mol. The summed E-state index contributed by atoms with van der Waals surface area (Å²) in [7, 11) is 0. The standard InChI is InChI=1S/C14H27NS/c1-11-8-13(2,3)9-12(11)15-10-14(4)6-5-7-16-14/h11-12,15H,5-10H2,1-4H3. The second kappa shape index (κ2) is 4.53. The minimum atomic E-state index is 0.520. The van der Waals surface area contributed by atoms with Crippen LogP contribution in [-0.4, -0.2) is 23.1 Å². The van der Waals surface area contributed by atoms with Gasteiger partial charge in [0.15, 0.2) is 0 Å². The highest BCUT2D eigenvalue weighted by Gasteiger charge is 2.38. The van der Waals surface area contributed by atoms with Gasteiger partial charge in [-0.1, -0.05) is 20.8 Å². The van der Waals surface area contributed by atoms with Crippen molar-refractivity contribution in [3.63, 3.8) is 0 Å². The highest BCUT2D eigenvalue weighted by Crippen LogP contribution is 2.42. The molecule has 3 unspecified atom stereocenters. The first-order valence-electron chi connectivity index (χ1n) is 6.78. The van der Waals surface area contributed by atoms with Gasteiger partial charge in [-0.15, -0.1) is 0 Å². The first-order valence-corrected chi connectivity index (χ1v) is 7.76. The van der Waals surface area contributed by atoms with Crippen molar-refractivity contribution in [2.45, 2.75) is 64.2 Å². The molecule has 1 saturated carbocycles. The molecule has 16 heavy (non-hydrogen) atoms. The van der Waals surface area contributed by atoms with Gasteiger partial charge in [-0.25, -0.2) is 0 Å². The average molecular weight is 241 g/mol. The third kappa shape index (κ3) is 2.95. The Morgan fingerprint density at radius 3 is 2.50 bits per heavy atom. The van der Waals surface area contributed by atoms with Gasteiger partial charge in [0.05, 0.1) is 0 Å². The molecule has 94 valence electrons. The lowest BCUT2D eigenvalue weighted by molar-refractivity contribution is 0.359. The highest BCUT2D eigenvalue weighted by atomic mass is 32.2. The van der Waals surface area contributed by atoms with Crippen LogP contribution in [0.4, 0.5) is 0 Å². The predicted molar refractivity (Wildman–Crippen MR) is 74.1 cm³/mol. The van der Waals surface area contributed by atoms with E-state index < -0.39 is 0 Å². The molecule has 2 fully saturated rings. The van der Waals surface area contributed by atoms with Crippen LogP contribution in [0.25, 0.3) is 0 Å². The fourth-order valence-corrected chi connectivity index (χ4v) is 4.75. The molecule has 1 N–H and O–H groups in total. The lowest BCUT2D eigenvalue weighted by Crippen LogP contribution is -2.40. The molecule has 0 aromatic rings. The largest absolute Gasteiger partial charge is 0.312 e. The number of hydrogen-bond donors (Lipinski definition) is 1. The Morgan fingerprint density at radius 1 is 1.25 bits per heavy atom. The van der Waals surface area contributed by atoms with E-state index in [0.29, 0.717) is 10.2 Å². The quantitative estimate of drug-likeness (QED) is 0.809. The number of nitrogens with one attached hydrogen (secondary N) is 1. The molecule has 1 heterocycles. The number of thioether (sulfide) groups is 1. The summed E-state index contributed by atoms with van der Waals surface area (Å²) in [6.07, 6.45) is 5.55. The molecule has 0 bridgehead atoms. The Morgan fingerprint density at radius 2 is 2.00 bits per heavy atom. The van der Waals surface area contributed by atoms with Gasteiger partial charge < -0.3 is 5.32 Å². The number of hydrogen-bond acceptors (Lipinski definition) is 2. The van der Waals surface area contributed by atoms with Crippen molar-refractivity contribution < 1.29 is 0 Å². The van der Waals surface area contributed by atoms with E-state index in [1.165, 1.54) is 38.0 Å². The van der Waals surface area contributed by atoms with Crippen LogP contribution in [0.5, 0.6) is 0 Å². The Labute approximate surface area is 105 Å². The Hall–Kier alpha value is 0.310. The van der Waals surface area contributed by atoms with E-state index in [9.17, 15) is 0 Å². The second-order valence-electron chi connectivity index (χ2n) is 6.94. The normalized spacial score (nSPS) is 42.8. The Balaban J connectivity index is 1.82. The fourth-order valence-electron chi connectivity index (χ4n) is 3.49. The predicted octanol–water partition coefficient (Wildman–Crippen LogP) is 3.69. The molecular weight excluding hydrogens is 214 g/mol. The van der Waals surface area contributed by atoms with E-state index in [1.807, 2.05) is 0 Å². The van der Waals surface area contributed by atoms with Crippen molar-refractivity contribution >= 4 is 11.8 Å². The maximum Gasteiger partial charge on any atom is 0.0256 e. The van der Waals surface area contributed by atoms with Crippen molar-refractivity contribution in [2.75, 3.05) is 12.3 Å². The van der Waals surface area contributed by atoms with Crippen LogP contribution in [0.2, 0.25) is 0 Å². The molecule has 0 spiro atoms. The zero-order valence-electron chi connectivity index (χ0n) is 11.3. The van der Waals surface area contributed by atoms with Crippen LogP contribution >= 0.6 is 11.8 Å².